The van der Waals surface area contributed by atoms with E-state index in [1.54, 1.807) is 31.5 Å². The zero-order chi connectivity index (χ0) is 14.8. The van der Waals surface area contributed by atoms with Gasteiger partial charge in [0.15, 0.2) is 0 Å². The fraction of sp³-hybridized carbons (Fsp3) is 0.214. The maximum Gasteiger partial charge on any atom is 0.241 e. The Labute approximate surface area is 127 Å². The van der Waals surface area contributed by atoms with Gasteiger partial charge in [-0.25, -0.2) is 13.1 Å². The number of nitrogens with one attached hydrogen (secondary N) is 1. The van der Waals surface area contributed by atoms with Crippen LogP contribution in [0.5, 0.6) is 0 Å². The SMILES string of the molecule is Cc1cc(C)c(S(=O)(=O)NCc2cccnc2)cc1Br. The predicted molar refractivity (Wildman–Crippen MR) is 81.9 cm³/mol. The first-order valence-corrected chi connectivity index (χ1v) is 8.33. The zero-order valence-electron chi connectivity index (χ0n) is 11.2. The minimum atomic E-state index is -3.54. The molecule has 106 valence electrons. The molecule has 20 heavy (non-hydrogen) atoms. The maximum absolute atomic E-state index is 12.3. The topological polar surface area (TPSA) is 59.1 Å². The molecule has 4 nitrogen and oxygen atoms in total. The van der Waals surface area contributed by atoms with Crippen molar-refractivity contribution >= 4 is 26.0 Å². The molecule has 6 heteroatoms. The quantitative estimate of drug-likeness (QED) is 0.917. The van der Waals surface area contributed by atoms with E-state index in [1.807, 2.05) is 19.1 Å². The van der Waals surface area contributed by atoms with E-state index in [1.165, 1.54) is 0 Å². The number of hydrogen-bond donors (Lipinski definition) is 1. The van der Waals surface area contributed by atoms with Crippen LogP contribution in [0.25, 0.3) is 0 Å². The van der Waals surface area contributed by atoms with E-state index >= 15 is 0 Å². The van der Waals surface area contributed by atoms with Gasteiger partial charge in [-0.2, -0.15) is 0 Å². The second-order valence-corrected chi connectivity index (χ2v) is 7.14. The summed E-state index contributed by atoms with van der Waals surface area (Å²) in [6, 6.07) is 7.09. The Morgan fingerprint density at radius 2 is 2.00 bits per heavy atom. The van der Waals surface area contributed by atoms with Crippen LogP contribution in [0.4, 0.5) is 0 Å². The average molecular weight is 355 g/mol. The van der Waals surface area contributed by atoms with E-state index < -0.39 is 10.0 Å². The van der Waals surface area contributed by atoms with Crippen LogP contribution in [0, 0.1) is 13.8 Å². The zero-order valence-corrected chi connectivity index (χ0v) is 13.6. The van der Waals surface area contributed by atoms with Crippen LogP contribution in [-0.4, -0.2) is 13.4 Å². The van der Waals surface area contributed by atoms with Gasteiger partial charge in [-0.15, -0.1) is 0 Å². The minimum Gasteiger partial charge on any atom is -0.264 e. The molecule has 1 N–H and O–H groups in total. The first-order chi connectivity index (χ1) is 9.40. The van der Waals surface area contributed by atoms with Gasteiger partial charge in [0.1, 0.15) is 0 Å². The number of nitrogens with zero attached hydrogens (tertiary/aromatic N) is 1. The molecule has 0 amide bonds. The Bertz CT molecular complexity index is 715. The summed E-state index contributed by atoms with van der Waals surface area (Å²) >= 11 is 3.37. The standard InChI is InChI=1S/C14H15BrN2O2S/c1-10-6-11(2)14(7-13(10)15)20(18,19)17-9-12-4-3-5-16-8-12/h3-8,17H,9H2,1-2H3. The van der Waals surface area contributed by atoms with Crippen molar-refractivity contribution in [2.45, 2.75) is 25.3 Å². The second kappa shape index (κ2) is 6.03. The molecular weight excluding hydrogens is 340 g/mol. The fourth-order valence-corrected chi connectivity index (χ4v) is 3.62. The molecule has 0 aliphatic heterocycles. The van der Waals surface area contributed by atoms with Gasteiger partial charge in [-0.05, 0) is 42.7 Å². The van der Waals surface area contributed by atoms with Crippen molar-refractivity contribution in [1.82, 2.24) is 9.71 Å². The van der Waals surface area contributed by atoms with Crippen molar-refractivity contribution in [1.29, 1.82) is 0 Å². The number of pyridine rings is 1. The van der Waals surface area contributed by atoms with Crippen LogP contribution in [0.15, 0.2) is 46.0 Å². The Morgan fingerprint density at radius 1 is 1.25 bits per heavy atom. The molecule has 0 bridgehead atoms. The molecular formula is C14H15BrN2O2S. The molecule has 2 rings (SSSR count). The lowest BCUT2D eigenvalue weighted by Gasteiger charge is -2.11. The molecule has 0 fully saturated rings. The number of rotatable bonds is 4. The third kappa shape index (κ3) is 3.45. The Kier molecular flexibility index (Phi) is 4.57. The van der Waals surface area contributed by atoms with E-state index in [0.29, 0.717) is 4.90 Å². The monoisotopic (exact) mass is 354 g/mol. The molecule has 0 aliphatic carbocycles. The molecule has 0 unspecified atom stereocenters. The molecule has 0 spiro atoms. The van der Waals surface area contributed by atoms with Crippen LogP contribution >= 0.6 is 15.9 Å². The first kappa shape index (κ1) is 15.2. The number of hydrogen-bond acceptors (Lipinski definition) is 3. The molecule has 0 radical (unpaired) electrons. The van der Waals surface area contributed by atoms with Crippen LogP contribution in [0.2, 0.25) is 0 Å². The summed E-state index contributed by atoms with van der Waals surface area (Å²) in [4.78, 5) is 4.25. The summed E-state index contributed by atoms with van der Waals surface area (Å²) in [7, 11) is -3.54. The van der Waals surface area contributed by atoms with Gasteiger partial charge in [0.05, 0.1) is 4.90 Å². The molecule has 0 saturated heterocycles. The number of halogens is 1. The lowest BCUT2D eigenvalue weighted by atomic mass is 10.2. The first-order valence-electron chi connectivity index (χ1n) is 6.05. The van der Waals surface area contributed by atoms with Crippen molar-refractivity contribution in [3.63, 3.8) is 0 Å². The van der Waals surface area contributed by atoms with Gasteiger partial charge in [0, 0.05) is 23.4 Å². The predicted octanol–water partition coefficient (Wildman–Crippen LogP) is 2.94. The molecule has 1 heterocycles. The summed E-state index contributed by atoms with van der Waals surface area (Å²) in [5.41, 5.74) is 2.55. The van der Waals surface area contributed by atoms with Crippen molar-refractivity contribution < 1.29 is 8.42 Å². The Hall–Kier alpha value is -1.24. The van der Waals surface area contributed by atoms with Crippen LogP contribution in [0.3, 0.4) is 0 Å². The van der Waals surface area contributed by atoms with Gasteiger partial charge in [-0.1, -0.05) is 28.1 Å². The van der Waals surface area contributed by atoms with E-state index in [-0.39, 0.29) is 6.54 Å². The number of sulfonamides is 1. The fourth-order valence-electron chi connectivity index (χ4n) is 1.86. The molecule has 1 aromatic carbocycles. The van der Waals surface area contributed by atoms with Crippen molar-refractivity contribution in [3.8, 4) is 0 Å². The average Bonchev–Trinajstić information content (AvgIpc) is 2.42. The summed E-state index contributed by atoms with van der Waals surface area (Å²) in [6.45, 7) is 3.94. The lowest BCUT2D eigenvalue weighted by Crippen LogP contribution is -2.24. The summed E-state index contributed by atoms with van der Waals surface area (Å²) in [5, 5.41) is 0. The highest BCUT2D eigenvalue weighted by Gasteiger charge is 2.17. The van der Waals surface area contributed by atoms with Gasteiger partial charge in [0.2, 0.25) is 10.0 Å². The number of aromatic nitrogens is 1. The van der Waals surface area contributed by atoms with Crippen LogP contribution in [0.1, 0.15) is 16.7 Å². The summed E-state index contributed by atoms with van der Waals surface area (Å²) in [5.74, 6) is 0. The lowest BCUT2D eigenvalue weighted by molar-refractivity contribution is 0.580. The minimum absolute atomic E-state index is 0.223. The van der Waals surface area contributed by atoms with Gasteiger partial charge in [-0.3, -0.25) is 4.98 Å². The molecule has 0 saturated carbocycles. The van der Waals surface area contributed by atoms with Gasteiger partial charge in [0.25, 0.3) is 0 Å². The Morgan fingerprint density at radius 3 is 2.65 bits per heavy atom. The van der Waals surface area contributed by atoms with Crippen molar-refractivity contribution in [2.75, 3.05) is 0 Å². The number of benzene rings is 1. The summed E-state index contributed by atoms with van der Waals surface area (Å²) in [6.07, 6.45) is 3.29. The highest BCUT2D eigenvalue weighted by Crippen LogP contribution is 2.24. The summed E-state index contributed by atoms with van der Waals surface area (Å²) < 4.78 is 28.0. The maximum atomic E-state index is 12.3. The van der Waals surface area contributed by atoms with Gasteiger partial charge < -0.3 is 0 Å². The number of aryl methyl sites for hydroxylation is 2. The molecule has 0 atom stereocenters. The van der Waals surface area contributed by atoms with Crippen LogP contribution in [-0.2, 0) is 16.6 Å². The van der Waals surface area contributed by atoms with Crippen LogP contribution < -0.4 is 4.72 Å². The highest BCUT2D eigenvalue weighted by atomic mass is 79.9. The largest absolute Gasteiger partial charge is 0.264 e. The van der Waals surface area contributed by atoms with E-state index in [2.05, 4.69) is 25.6 Å². The second-order valence-electron chi connectivity index (χ2n) is 4.55. The smallest absolute Gasteiger partial charge is 0.241 e. The highest BCUT2D eigenvalue weighted by molar-refractivity contribution is 9.10. The third-order valence-electron chi connectivity index (χ3n) is 2.93. The normalized spacial score (nSPS) is 11.6. The van der Waals surface area contributed by atoms with E-state index in [4.69, 9.17) is 0 Å². The third-order valence-corrected chi connectivity index (χ3v) is 5.33. The molecule has 1 aromatic heterocycles. The van der Waals surface area contributed by atoms with Crippen molar-refractivity contribution in [2.24, 2.45) is 0 Å². The van der Waals surface area contributed by atoms with E-state index in [0.717, 1.165) is 21.2 Å². The van der Waals surface area contributed by atoms with Gasteiger partial charge >= 0.3 is 0 Å². The molecule has 2 aromatic rings. The Balaban J connectivity index is 2.25. The molecule has 0 aliphatic rings. The van der Waals surface area contributed by atoms with Crippen molar-refractivity contribution in [3.05, 3.63) is 57.8 Å². The van der Waals surface area contributed by atoms with E-state index in [9.17, 15) is 8.42 Å².